The van der Waals surface area contributed by atoms with Crippen LogP contribution in [0.25, 0.3) is 0 Å². The molecule has 0 spiro atoms. The summed E-state index contributed by atoms with van der Waals surface area (Å²) in [6.07, 6.45) is 3.43. The molecule has 0 bridgehead atoms. The number of hydrogen-bond acceptors (Lipinski definition) is 4. The smallest absolute Gasteiger partial charge is 0.0917 e. The molecule has 1 N–H and O–H groups in total. The Bertz CT molecular complexity index is 434. The van der Waals surface area contributed by atoms with E-state index in [4.69, 9.17) is 4.74 Å². The van der Waals surface area contributed by atoms with Crippen LogP contribution in [0.15, 0.2) is 30.3 Å². The molecule has 0 aromatic heterocycles. The SMILES string of the molecule is O[C@H](CN1CCCC[C@@H]1CN1CCOCC1)c1ccccc1. The van der Waals surface area contributed by atoms with Gasteiger partial charge in [0.15, 0.2) is 0 Å². The van der Waals surface area contributed by atoms with Gasteiger partial charge < -0.3 is 9.84 Å². The average Bonchev–Trinajstić information content (AvgIpc) is 2.58. The number of β-amino-alcohol motifs (C(OH)–C–C–N with tert-alkyl or cyclic N) is 1. The molecule has 2 fully saturated rings. The van der Waals surface area contributed by atoms with Gasteiger partial charge in [-0.25, -0.2) is 0 Å². The van der Waals surface area contributed by atoms with E-state index in [2.05, 4.69) is 9.80 Å². The molecular weight excluding hydrogens is 276 g/mol. The summed E-state index contributed by atoms with van der Waals surface area (Å²) in [5.74, 6) is 0. The van der Waals surface area contributed by atoms with Gasteiger partial charge in [0.2, 0.25) is 0 Å². The Morgan fingerprint density at radius 2 is 1.86 bits per heavy atom. The molecule has 3 rings (SSSR count). The van der Waals surface area contributed by atoms with E-state index in [0.29, 0.717) is 6.04 Å². The number of ether oxygens (including phenoxy) is 1. The second-order valence-electron chi connectivity index (χ2n) is 6.48. The van der Waals surface area contributed by atoms with Crippen LogP contribution in [0.1, 0.15) is 30.9 Å². The molecule has 2 aliphatic rings. The van der Waals surface area contributed by atoms with Gasteiger partial charge in [-0.15, -0.1) is 0 Å². The van der Waals surface area contributed by atoms with Crippen molar-refractivity contribution in [2.45, 2.75) is 31.4 Å². The van der Waals surface area contributed by atoms with Gasteiger partial charge in [0.05, 0.1) is 19.3 Å². The molecule has 4 nitrogen and oxygen atoms in total. The number of rotatable bonds is 5. The highest BCUT2D eigenvalue weighted by molar-refractivity contribution is 5.17. The summed E-state index contributed by atoms with van der Waals surface area (Å²) in [6.45, 7) is 6.79. The van der Waals surface area contributed by atoms with E-state index in [1.54, 1.807) is 0 Å². The number of morpholine rings is 1. The summed E-state index contributed by atoms with van der Waals surface area (Å²) in [5, 5.41) is 10.5. The minimum atomic E-state index is -0.383. The van der Waals surface area contributed by atoms with Crippen molar-refractivity contribution in [3.63, 3.8) is 0 Å². The first-order chi connectivity index (χ1) is 10.8. The lowest BCUT2D eigenvalue weighted by atomic mass is 9.99. The van der Waals surface area contributed by atoms with Gasteiger partial charge in [0.1, 0.15) is 0 Å². The summed E-state index contributed by atoms with van der Waals surface area (Å²) >= 11 is 0. The maximum atomic E-state index is 10.5. The van der Waals surface area contributed by atoms with Crippen LogP contribution in [0.2, 0.25) is 0 Å². The van der Waals surface area contributed by atoms with Crippen molar-refractivity contribution in [2.75, 3.05) is 45.9 Å². The number of benzene rings is 1. The van der Waals surface area contributed by atoms with Gasteiger partial charge in [-0.1, -0.05) is 36.8 Å². The molecule has 2 aliphatic heterocycles. The van der Waals surface area contributed by atoms with Crippen LogP contribution in [0.3, 0.4) is 0 Å². The molecule has 122 valence electrons. The quantitative estimate of drug-likeness (QED) is 0.901. The van der Waals surface area contributed by atoms with E-state index in [0.717, 1.165) is 51.5 Å². The number of likely N-dealkylation sites (tertiary alicyclic amines) is 1. The van der Waals surface area contributed by atoms with Crippen LogP contribution < -0.4 is 0 Å². The number of hydrogen-bond donors (Lipinski definition) is 1. The van der Waals surface area contributed by atoms with Crippen LogP contribution in [-0.4, -0.2) is 66.9 Å². The minimum Gasteiger partial charge on any atom is -0.387 e. The Labute approximate surface area is 133 Å². The van der Waals surface area contributed by atoms with E-state index in [9.17, 15) is 5.11 Å². The van der Waals surface area contributed by atoms with Crippen molar-refractivity contribution >= 4 is 0 Å². The molecule has 4 heteroatoms. The predicted octanol–water partition coefficient (Wildman–Crippen LogP) is 1.91. The molecule has 1 aromatic carbocycles. The molecule has 2 saturated heterocycles. The van der Waals surface area contributed by atoms with E-state index >= 15 is 0 Å². The van der Waals surface area contributed by atoms with Gasteiger partial charge >= 0.3 is 0 Å². The lowest BCUT2D eigenvalue weighted by molar-refractivity contribution is 0.00673. The first-order valence-electron chi connectivity index (χ1n) is 8.60. The standard InChI is InChI=1S/C18H28N2O2/c21-18(16-6-2-1-3-7-16)15-20-9-5-4-8-17(20)14-19-10-12-22-13-11-19/h1-3,6-7,17-18,21H,4-5,8-15H2/t17-,18-/m1/s1. The van der Waals surface area contributed by atoms with Crippen molar-refractivity contribution in [1.82, 2.24) is 9.80 Å². The van der Waals surface area contributed by atoms with E-state index in [-0.39, 0.29) is 6.10 Å². The van der Waals surface area contributed by atoms with Crippen molar-refractivity contribution in [3.8, 4) is 0 Å². The minimum absolute atomic E-state index is 0.383. The predicted molar refractivity (Wildman–Crippen MR) is 87.9 cm³/mol. The van der Waals surface area contributed by atoms with Gasteiger partial charge in [-0.05, 0) is 24.9 Å². The van der Waals surface area contributed by atoms with Gasteiger partial charge in [0.25, 0.3) is 0 Å². The highest BCUT2D eigenvalue weighted by atomic mass is 16.5. The zero-order chi connectivity index (χ0) is 15.2. The van der Waals surface area contributed by atoms with Crippen LogP contribution in [0, 0.1) is 0 Å². The lowest BCUT2D eigenvalue weighted by Gasteiger charge is -2.40. The highest BCUT2D eigenvalue weighted by Crippen LogP contribution is 2.22. The molecule has 2 atom stereocenters. The third kappa shape index (κ3) is 4.29. The number of piperidine rings is 1. The lowest BCUT2D eigenvalue weighted by Crippen LogP contribution is -2.50. The molecule has 0 radical (unpaired) electrons. The third-order valence-corrected chi connectivity index (χ3v) is 4.91. The van der Waals surface area contributed by atoms with Gasteiger partial charge in [-0.3, -0.25) is 9.80 Å². The summed E-state index contributed by atoms with van der Waals surface area (Å²) < 4.78 is 5.44. The zero-order valence-electron chi connectivity index (χ0n) is 13.4. The largest absolute Gasteiger partial charge is 0.387 e. The fourth-order valence-corrected chi connectivity index (χ4v) is 3.59. The Kier molecular flexibility index (Phi) is 5.84. The number of aliphatic hydroxyl groups is 1. The molecule has 1 aromatic rings. The van der Waals surface area contributed by atoms with Crippen molar-refractivity contribution in [2.24, 2.45) is 0 Å². The van der Waals surface area contributed by atoms with E-state index < -0.39 is 0 Å². The van der Waals surface area contributed by atoms with Crippen LogP contribution in [0.5, 0.6) is 0 Å². The molecule has 0 aliphatic carbocycles. The van der Waals surface area contributed by atoms with E-state index in [1.807, 2.05) is 30.3 Å². The van der Waals surface area contributed by atoms with Crippen LogP contribution in [-0.2, 0) is 4.74 Å². The summed E-state index contributed by atoms with van der Waals surface area (Å²) in [6, 6.07) is 10.6. The second kappa shape index (κ2) is 8.06. The molecule has 22 heavy (non-hydrogen) atoms. The Hall–Kier alpha value is -0.940. The molecular formula is C18H28N2O2. The summed E-state index contributed by atoms with van der Waals surface area (Å²) in [4.78, 5) is 5.01. The fourth-order valence-electron chi connectivity index (χ4n) is 3.59. The summed E-state index contributed by atoms with van der Waals surface area (Å²) in [5.41, 5.74) is 1.03. The van der Waals surface area contributed by atoms with Gasteiger partial charge in [-0.2, -0.15) is 0 Å². The second-order valence-corrected chi connectivity index (χ2v) is 6.48. The Balaban J connectivity index is 1.57. The Morgan fingerprint density at radius 1 is 1.09 bits per heavy atom. The first-order valence-corrected chi connectivity index (χ1v) is 8.60. The van der Waals surface area contributed by atoms with Crippen molar-refractivity contribution in [1.29, 1.82) is 0 Å². The number of nitrogens with zero attached hydrogens (tertiary/aromatic N) is 2. The normalized spacial score (nSPS) is 26.0. The van der Waals surface area contributed by atoms with Crippen LogP contribution >= 0.6 is 0 Å². The van der Waals surface area contributed by atoms with Gasteiger partial charge in [0, 0.05) is 32.2 Å². The Morgan fingerprint density at radius 3 is 2.64 bits per heavy atom. The molecule has 0 amide bonds. The monoisotopic (exact) mass is 304 g/mol. The highest BCUT2D eigenvalue weighted by Gasteiger charge is 2.27. The van der Waals surface area contributed by atoms with Crippen molar-refractivity contribution in [3.05, 3.63) is 35.9 Å². The maximum absolute atomic E-state index is 10.5. The molecule has 0 unspecified atom stereocenters. The zero-order valence-corrected chi connectivity index (χ0v) is 13.4. The fraction of sp³-hybridized carbons (Fsp3) is 0.667. The first kappa shape index (κ1) is 15.9. The number of aliphatic hydroxyl groups excluding tert-OH is 1. The van der Waals surface area contributed by atoms with Crippen LogP contribution in [0.4, 0.5) is 0 Å². The maximum Gasteiger partial charge on any atom is 0.0917 e. The summed E-state index contributed by atoms with van der Waals surface area (Å²) in [7, 11) is 0. The van der Waals surface area contributed by atoms with E-state index in [1.165, 1.54) is 19.3 Å². The molecule has 0 saturated carbocycles. The topological polar surface area (TPSA) is 35.9 Å². The third-order valence-electron chi connectivity index (χ3n) is 4.91. The average molecular weight is 304 g/mol. The molecule has 2 heterocycles. The van der Waals surface area contributed by atoms with Crippen molar-refractivity contribution < 1.29 is 9.84 Å².